The summed E-state index contributed by atoms with van der Waals surface area (Å²) in [6, 6.07) is 78.9. The average Bonchev–Trinajstić information content (AvgIpc) is 1.60. The Morgan fingerprint density at radius 3 is 1.15 bits per heavy atom. The van der Waals surface area contributed by atoms with E-state index in [0.717, 1.165) is 142 Å². The number of aliphatic hydroxyl groups excluding tert-OH is 1. The van der Waals surface area contributed by atoms with E-state index in [0.29, 0.717) is 65.7 Å². The molecule has 8 aromatic heterocycles. The van der Waals surface area contributed by atoms with Crippen LogP contribution in [0.1, 0.15) is 248 Å². The molecule has 20 rings (SSSR count). The summed E-state index contributed by atoms with van der Waals surface area (Å²) in [6.07, 6.45) is 55.5. The van der Waals surface area contributed by atoms with Gasteiger partial charge >= 0.3 is 37.2 Å². The Bertz CT molecular complexity index is 6100. The first kappa shape index (κ1) is 104. The van der Waals surface area contributed by atoms with Crippen molar-refractivity contribution in [1.82, 2.24) is 58.1 Å². The van der Waals surface area contributed by atoms with Crippen LogP contribution in [-0.4, -0.2) is 133 Å². The first-order valence-electron chi connectivity index (χ1n) is 48.6. The van der Waals surface area contributed by atoms with E-state index in [2.05, 4.69) is 212 Å². The van der Waals surface area contributed by atoms with Gasteiger partial charge in [0.15, 0.2) is 12.1 Å². The number of aliphatic carboxylic acids is 1. The number of carboxylic acid groups (broad SMARTS) is 1. The summed E-state index contributed by atoms with van der Waals surface area (Å²) in [4.78, 5) is 93.7. The number of carbonyl (C=O) groups excluding carboxylic acids is 4. The van der Waals surface area contributed by atoms with Crippen molar-refractivity contribution < 1.29 is 78.8 Å². The molecule has 25 heteroatoms. The fourth-order valence-electron chi connectivity index (χ4n) is 21.0. The first-order chi connectivity index (χ1) is 67.1. The van der Waals surface area contributed by atoms with Crippen molar-refractivity contribution in [2.24, 2.45) is 23.7 Å². The van der Waals surface area contributed by atoms with Crippen molar-refractivity contribution in [2.75, 3.05) is 20.4 Å². The number of aliphatic hydroxyl groups is 1. The smallest absolute Gasteiger partial charge is 1.00 e. The standard InChI is InChI=1S/C37H35N3O.C28H21N3O.C18H23N3O.C18H21N3O.C11H21O4P.C2H4O2.B.Na.H/c41-33(26-29-14-5-1-6-15-29)23-24-35-34(22-13-25-38-35)36-27-40(28-39-36)37(30-16-7-2-8-17-30,31-18-9-3-10-19-31)32-20-11-4-12-21-32;32-20-27-25(17-10-18-29-27)26-19-31(21-30-26)28(22-11-4-1-5-12-22,23-13-6-2-7-14-23)24-15-8-3-9-16-24;2*22-14(9-13-5-2-1-3-6-13)10-16-18-15(7-4-8-20-18)17-11-19-12-21(16)17;1-14-16(13,15-2)9-11(12)8-10-6-4-3-5-7-10;1-2(3)4;;;/h2-4,7-13,16-25,27-29H,1,5-6,14-15,26H2;1-21H;4,7-8,11-14,16,22H,1-3,5-6,9-10H2;4,7-8,11-13,16H,1-3,5-6,9-10H2;10H,3-9H2,1-2H3;1H3,(H,3,4);;;/q;;;;;;;+1;-1/b24-23+;;;;;;;;. The summed E-state index contributed by atoms with van der Waals surface area (Å²) in [5, 5.41) is 18.0. The molecule has 3 unspecified atom stereocenters. The zero-order valence-electron chi connectivity index (χ0n) is 81.3. The largest absolute Gasteiger partial charge is 1.00 e. The van der Waals surface area contributed by atoms with Gasteiger partial charge in [-0.05, 0) is 131 Å². The molecule has 0 amide bonds. The number of benzene rings is 6. The minimum atomic E-state index is -3.15. The third-order valence-electron chi connectivity index (χ3n) is 27.6. The number of pyridine rings is 4. The summed E-state index contributed by atoms with van der Waals surface area (Å²) in [5.41, 5.74) is 16.3. The fraction of sp³-hybridized carbons (Fsp3) is 0.342. The number of rotatable bonds is 29. The number of aromatic nitrogens is 12. The van der Waals surface area contributed by atoms with Gasteiger partial charge in [-0.25, -0.2) is 19.9 Å². The molecule has 711 valence electrons. The molecule has 6 aromatic carbocycles. The Balaban J connectivity index is 0.000000159. The summed E-state index contributed by atoms with van der Waals surface area (Å²) in [6.45, 7) is 1.08. The Morgan fingerprint density at radius 1 is 0.424 bits per heavy atom. The van der Waals surface area contributed by atoms with Gasteiger partial charge in [-0.1, -0.05) is 310 Å². The summed E-state index contributed by atoms with van der Waals surface area (Å²) >= 11 is 0. The maximum atomic E-state index is 12.8. The molecule has 0 saturated heterocycles. The molecule has 10 heterocycles. The van der Waals surface area contributed by atoms with Crippen LogP contribution >= 0.6 is 7.60 Å². The molecule has 2 N–H and O–H groups in total. The minimum Gasteiger partial charge on any atom is -1.00 e. The van der Waals surface area contributed by atoms with Crippen LogP contribution in [-0.2, 0) is 43.9 Å². The molecule has 22 nitrogen and oxygen atoms in total. The summed E-state index contributed by atoms with van der Waals surface area (Å²) in [7, 11) is -0.519. The maximum absolute atomic E-state index is 12.8. The molecule has 4 saturated carbocycles. The molecule has 14 aromatic rings. The van der Waals surface area contributed by atoms with Crippen LogP contribution in [0.15, 0.2) is 311 Å². The quantitative estimate of drug-likeness (QED) is 0.0145. The van der Waals surface area contributed by atoms with Crippen molar-refractivity contribution in [3.63, 3.8) is 0 Å². The number of imidazole rings is 4. The van der Waals surface area contributed by atoms with Crippen molar-refractivity contribution in [1.29, 1.82) is 0 Å². The summed E-state index contributed by atoms with van der Waals surface area (Å²) < 4.78 is 29.9. The number of nitrogens with zero attached hydrogens (tertiary/aromatic N) is 12. The third kappa shape index (κ3) is 26.1. The Hall–Kier alpha value is -12.2. The van der Waals surface area contributed by atoms with Crippen molar-refractivity contribution in [3.05, 3.63) is 368 Å². The van der Waals surface area contributed by atoms with Crippen LogP contribution in [0.2, 0.25) is 0 Å². The number of hydrogen-bond acceptors (Lipinski definition) is 17. The number of fused-ring (bicyclic) bond motifs is 6. The van der Waals surface area contributed by atoms with E-state index in [4.69, 9.17) is 28.9 Å². The molecule has 4 aliphatic carbocycles. The molecular weight excluding hydrogens is 1760 g/mol. The Kier molecular flexibility index (Phi) is 38.7. The average molecular weight is 1890 g/mol. The van der Waals surface area contributed by atoms with Gasteiger partial charge in [-0.2, -0.15) is 0 Å². The predicted molar refractivity (Wildman–Crippen MR) is 543 cm³/mol. The van der Waals surface area contributed by atoms with Gasteiger partial charge in [-0.3, -0.25) is 48.5 Å². The van der Waals surface area contributed by atoms with E-state index >= 15 is 0 Å². The summed E-state index contributed by atoms with van der Waals surface area (Å²) in [5.74, 6) is 2.01. The number of aldehydes is 1. The van der Waals surface area contributed by atoms with Crippen LogP contribution in [0.3, 0.4) is 0 Å². The zero-order chi connectivity index (χ0) is 95.2. The normalized spacial score (nSPS) is 15.9. The van der Waals surface area contributed by atoms with Crippen LogP contribution in [0.25, 0.3) is 51.1 Å². The molecule has 0 spiro atoms. The first-order valence-corrected chi connectivity index (χ1v) is 50.3. The van der Waals surface area contributed by atoms with Crippen LogP contribution in [0.5, 0.6) is 0 Å². The zero-order valence-corrected chi connectivity index (χ0v) is 83.2. The molecule has 3 radical (unpaired) electrons. The number of hydrogen-bond donors (Lipinski definition) is 2. The van der Waals surface area contributed by atoms with Crippen LogP contribution in [0.4, 0.5) is 0 Å². The maximum Gasteiger partial charge on any atom is 1.00 e. The van der Waals surface area contributed by atoms with E-state index in [9.17, 15) is 28.8 Å². The van der Waals surface area contributed by atoms with E-state index in [1.807, 2.05) is 135 Å². The molecule has 139 heavy (non-hydrogen) atoms. The van der Waals surface area contributed by atoms with E-state index < -0.39 is 24.6 Å². The molecule has 6 aliphatic rings. The van der Waals surface area contributed by atoms with Crippen molar-refractivity contribution >= 4 is 51.7 Å². The molecular formula is C114H126BN12NaO10P. The molecule has 3 atom stereocenters. The Labute approximate surface area is 842 Å². The SMILES string of the molecule is CC(=O)O.COP(=O)(CC(=O)CC1CCCCC1)OC.O=C(/C=C/c1ncccc1-c1cn(C(c2ccccc2)(c2ccccc2)c2ccccc2)cn1)CC1CCCCC1.O=C(CC1CCCCC1)CC1c2ncccc2-c2cncn21.O=Cc1ncccc1-c1cn(C(c2ccccc2)(c2ccccc2)c2ccccc2)cn1.OC(CC1CCCCC1)CC1c2ncccc2-c2cncn21.[B].[H-].[Na+]. The van der Waals surface area contributed by atoms with Gasteiger partial charge in [0.2, 0.25) is 0 Å². The fourth-order valence-corrected chi connectivity index (χ4v) is 22.0. The number of allylic oxidation sites excluding steroid dienone is 1. The Morgan fingerprint density at radius 2 is 0.763 bits per heavy atom. The van der Waals surface area contributed by atoms with Crippen LogP contribution in [0, 0.1) is 23.7 Å². The van der Waals surface area contributed by atoms with Gasteiger partial charge in [0, 0.05) is 115 Å². The van der Waals surface area contributed by atoms with E-state index in [-0.39, 0.29) is 75.3 Å². The third-order valence-corrected chi connectivity index (χ3v) is 29.4. The van der Waals surface area contributed by atoms with Gasteiger partial charge in [0.25, 0.3) is 5.97 Å². The molecule has 2 aliphatic heterocycles. The van der Waals surface area contributed by atoms with Gasteiger partial charge < -0.3 is 39.0 Å². The second kappa shape index (κ2) is 51.7. The number of carboxylic acids is 1. The monoisotopic (exact) mass is 1890 g/mol. The topological polar surface area (TPSA) is 284 Å². The minimum absolute atomic E-state index is 0. The molecule has 4 fully saturated rings. The van der Waals surface area contributed by atoms with Crippen LogP contribution < -0.4 is 29.6 Å². The van der Waals surface area contributed by atoms with Gasteiger partial charge in [0.05, 0.1) is 95.7 Å². The molecule has 0 bridgehead atoms. The van der Waals surface area contributed by atoms with Crippen molar-refractivity contribution in [2.45, 2.75) is 203 Å². The predicted octanol–water partition coefficient (Wildman–Crippen LogP) is 21.1. The van der Waals surface area contributed by atoms with Gasteiger partial charge in [-0.15, -0.1) is 0 Å². The van der Waals surface area contributed by atoms with Crippen molar-refractivity contribution in [3.8, 4) is 45.0 Å². The number of carbonyl (C=O) groups is 5. The number of ketones is 3. The number of Topliss-reactive ketones (excluding diaryl/α,β-unsaturated/α-hetero) is 2. The van der Waals surface area contributed by atoms with E-state index in [1.54, 1.807) is 18.5 Å². The second-order valence-corrected chi connectivity index (χ2v) is 39.0. The van der Waals surface area contributed by atoms with Gasteiger partial charge in [0.1, 0.15) is 34.5 Å². The van der Waals surface area contributed by atoms with E-state index in [1.165, 1.54) is 117 Å². The second-order valence-electron chi connectivity index (χ2n) is 36.7.